The van der Waals surface area contributed by atoms with Crippen LogP contribution in [0.25, 0.3) is 0 Å². The van der Waals surface area contributed by atoms with Crippen LogP contribution in [0.5, 0.6) is 0 Å². The molecule has 0 N–H and O–H groups in total. The third kappa shape index (κ3) is 3.63. The lowest BCUT2D eigenvalue weighted by Gasteiger charge is -2.55. The molecule has 0 unspecified atom stereocenters. The van der Waals surface area contributed by atoms with Crippen molar-refractivity contribution in [3.63, 3.8) is 0 Å². The lowest BCUT2D eigenvalue weighted by Crippen LogP contribution is -2.51. The minimum Gasteiger partial charge on any atom is -0.465 e. The highest BCUT2D eigenvalue weighted by Crippen LogP contribution is 2.60. The Morgan fingerprint density at radius 3 is 2.00 bits per heavy atom. The number of rotatable bonds is 6. The van der Waals surface area contributed by atoms with Gasteiger partial charge in [-0.1, -0.05) is 0 Å². The van der Waals surface area contributed by atoms with Crippen LogP contribution in [-0.4, -0.2) is 36.4 Å². The lowest BCUT2D eigenvalue weighted by molar-refractivity contribution is -0.384. The van der Waals surface area contributed by atoms with Crippen LogP contribution in [0.3, 0.4) is 0 Å². The van der Waals surface area contributed by atoms with Gasteiger partial charge in [0.2, 0.25) is 0 Å². The lowest BCUT2D eigenvalue weighted by atomic mass is 9.48. The maximum absolute atomic E-state index is 13.0. The molecule has 4 saturated carbocycles. The normalized spacial score (nSPS) is 29.3. The summed E-state index contributed by atoms with van der Waals surface area (Å²) in [6.45, 7) is -0.346. The fourth-order valence-corrected chi connectivity index (χ4v) is 5.89. The number of ketones is 1. The average molecular weight is 401 g/mol. The molecule has 0 heterocycles. The van der Waals surface area contributed by atoms with Gasteiger partial charge >= 0.3 is 11.9 Å². The number of non-ortho nitro benzene ring substituents is 1. The molecule has 1 aromatic carbocycles. The molecule has 5 rings (SSSR count). The smallest absolute Gasteiger partial charge is 0.338 e. The first-order valence-corrected chi connectivity index (χ1v) is 9.88. The average Bonchev–Trinajstić information content (AvgIpc) is 2.69. The second-order valence-corrected chi connectivity index (χ2v) is 8.71. The second-order valence-electron chi connectivity index (χ2n) is 8.71. The number of nitro groups is 1. The maximum atomic E-state index is 13.0. The van der Waals surface area contributed by atoms with Crippen LogP contribution in [0, 0.1) is 33.3 Å². The van der Waals surface area contributed by atoms with E-state index < -0.39 is 22.5 Å². The van der Waals surface area contributed by atoms with Crippen LogP contribution in [0.15, 0.2) is 18.2 Å². The molecular weight excluding hydrogens is 378 g/mol. The molecule has 154 valence electrons. The fraction of sp³-hybridized carbons (Fsp3) is 0.571. The Labute approximate surface area is 167 Å². The van der Waals surface area contributed by atoms with Crippen molar-refractivity contribution in [2.75, 3.05) is 13.7 Å². The van der Waals surface area contributed by atoms with Crippen LogP contribution in [0.2, 0.25) is 0 Å². The number of Topliss-reactive ketones (excluding diaryl/α,β-unsaturated/α-hetero) is 1. The highest BCUT2D eigenvalue weighted by molar-refractivity contribution is 5.97. The van der Waals surface area contributed by atoms with Gasteiger partial charge in [-0.3, -0.25) is 14.9 Å². The number of nitrogens with zero attached hydrogens (tertiary/aromatic N) is 1. The van der Waals surface area contributed by atoms with Crippen LogP contribution in [0.1, 0.15) is 59.2 Å². The molecule has 0 radical (unpaired) electrons. The predicted octanol–water partition coefficient (Wildman–Crippen LogP) is 3.32. The van der Waals surface area contributed by atoms with E-state index in [1.807, 2.05) is 0 Å². The zero-order valence-corrected chi connectivity index (χ0v) is 16.2. The van der Waals surface area contributed by atoms with Gasteiger partial charge in [-0.15, -0.1) is 0 Å². The highest BCUT2D eigenvalue weighted by Gasteiger charge is 2.54. The van der Waals surface area contributed by atoms with Gasteiger partial charge in [-0.05, 0) is 62.3 Å². The number of hydrogen-bond donors (Lipinski definition) is 0. The summed E-state index contributed by atoms with van der Waals surface area (Å²) in [4.78, 5) is 47.6. The van der Waals surface area contributed by atoms with Gasteiger partial charge in [0.05, 0.1) is 23.2 Å². The van der Waals surface area contributed by atoms with Crippen molar-refractivity contribution >= 4 is 23.4 Å². The first kappa shape index (κ1) is 19.5. The van der Waals surface area contributed by atoms with E-state index in [1.165, 1.54) is 25.3 Å². The number of esters is 2. The molecule has 4 aliphatic rings. The molecule has 1 aromatic rings. The Bertz CT molecular complexity index is 856. The summed E-state index contributed by atoms with van der Waals surface area (Å²) < 4.78 is 9.79. The monoisotopic (exact) mass is 401 g/mol. The molecule has 0 amide bonds. The fourth-order valence-electron chi connectivity index (χ4n) is 5.89. The Balaban J connectivity index is 1.47. The van der Waals surface area contributed by atoms with E-state index >= 15 is 0 Å². The summed E-state index contributed by atoms with van der Waals surface area (Å²) in [7, 11) is 1.14. The Hall–Kier alpha value is -2.77. The minimum absolute atomic E-state index is 0.0522. The molecule has 0 aliphatic heterocycles. The van der Waals surface area contributed by atoms with Crippen molar-refractivity contribution in [1.29, 1.82) is 0 Å². The standard InChI is InChI=1S/C21H23NO7/c1-28-19(24)15-5-16(7-17(6-15)22(26)27)20(25)29-11-18(23)21-8-12-2-13(9-21)4-14(3-12)10-21/h5-7,12-14H,2-4,8-11H2,1H3. The SMILES string of the molecule is COC(=O)c1cc(C(=O)OCC(=O)C23CC4CC(CC(C4)C2)C3)cc([N+](=O)[O-])c1. The summed E-state index contributed by atoms with van der Waals surface area (Å²) in [5.41, 5.74) is -1.08. The van der Waals surface area contributed by atoms with Gasteiger partial charge in [-0.25, -0.2) is 9.59 Å². The summed E-state index contributed by atoms with van der Waals surface area (Å²) >= 11 is 0. The molecule has 29 heavy (non-hydrogen) atoms. The van der Waals surface area contributed by atoms with Crippen molar-refractivity contribution < 1.29 is 28.8 Å². The zero-order chi connectivity index (χ0) is 20.8. The van der Waals surface area contributed by atoms with E-state index in [0.29, 0.717) is 17.8 Å². The van der Waals surface area contributed by atoms with Crippen LogP contribution < -0.4 is 0 Å². The summed E-state index contributed by atoms with van der Waals surface area (Å²) in [5, 5.41) is 11.1. The largest absolute Gasteiger partial charge is 0.465 e. The number of carbonyl (C=O) groups excluding carboxylic acids is 3. The molecule has 4 aliphatic carbocycles. The summed E-state index contributed by atoms with van der Waals surface area (Å²) in [5.74, 6) is 0.0776. The van der Waals surface area contributed by atoms with Crippen LogP contribution in [-0.2, 0) is 14.3 Å². The van der Waals surface area contributed by atoms with Crippen LogP contribution in [0.4, 0.5) is 5.69 Å². The van der Waals surface area contributed by atoms with E-state index in [1.54, 1.807) is 0 Å². The minimum atomic E-state index is -0.864. The van der Waals surface area contributed by atoms with Crippen molar-refractivity contribution in [3.8, 4) is 0 Å². The molecule has 4 fully saturated rings. The van der Waals surface area contributed by atoms with E-state index in [2.05, 4.69) is 4.74 Å². The van der Waals surface area contributed by atoms with Gasteiger partial charge in [0.1, 0.15) is 0 Å². The molecular formula is C21H23NO7. The quantitative estimate of drug-likeness (QED) is 0.408. The van der Waals surface area contributed by atoms with E-state index in [-0.39, 0.29) is 28.9 Å². The van der Waals surface area contributed by atoms with Gasteiger partial charge in [0.15, 0.2) is 12.4 Å². The third-order valence-electron chi connectivity index (χ3n) is 6.75. The van der Waals surface area contributed by atoms with Crippen molar-refractivity contribution in [1.82, 2.24) is 0 Å². The van der Waals surface area contributed by atoms with Crippen molar-refractivity contribution in [2.24, 2.45) is 23.2 Å². The van der Waals surface area contributed by atoms with Gasteiger partial charge < -0.3 is 9.47 Å². The number of nitro benzene ring substituents is 1. The van der Waals surface area contributed by atoms with Gasteiger partial charge in [0, 0.05) is 17.5 Å². The number of ether oxygens (including phenoxy) is 2. The molecule has 0 saturated heterocycles. The number of methoxy groups -OCH3 is 1. The van der Waals surface area contributed by atoms with E-state index in [9.17, 15) is 24.5 Å². The summed E-state index contributed by atoms with van der Waals surface area (Å²) in [6, 6.07) is 3.24. The molecule has 8 nitrogen and oxygen atoms in total. The maximum Gasteiger partial charge on any atom is 0.338 e. The van der Waals surface area contributed by atoms with Crippen molar-refractivity contribution in [3.05, 3.63) is 39.4 Å². The number of hydrogen-bond acceptors (Lipinski definition) is 7. The van der Waals surface area contributed by atoms with Gasteiger partial charge in [-0.2, -0.15) is 0 Å². The third-order valence-corrected chi connectivity index (χ3v) is 6.75. The first-order valence-electron chi connectivity index (χ1n) is 9.88. The van der Waals surface area contributed by atoms with E-state index in [4.69, 9.17) is 4.74 Å². The number of benzene rings is 1. The molecule has 0 spiro atoms. The Morgan fingerprint density at radius 2 is 1.52 bits per heavy atom. The zero-order valence-electron chi connectivity index (χ0n) is 16.2. The van der Waals surface area contributed by atoms with Crippen LogP contribution >= 0.6 is 0 Å². The second kappa shape index (κ2) is 7.24. The molecule has 8 heteroatoms. The Morgan fingerprint density at radius 1 is 1.00 bits per heavy atom. The van der Waals surface area contributed by atoms with Gasteiger partial charge in [0.25, 0.3) is 5.69 Å². The highest BCUT2D eigenvalue weighted by atomic mass is 16.6. The molecule has 0 atom stereocenters. The van der Waals surface area contributed by atoms with Crippen molar-refractivity contribution in [2.45, 2.75) is 38.5 Å². The molecule has 4 bridgehead atoms. The molecule has 0 aromatic heterocycles. The number of carbonyl (C=O) groups is 3. The summed E-state index contributed by atoms with van der Waals surface area (Å²) in [6.07, 6.45) is 6.24. The predicted molar refractivity (Wildman–Crippen MR) is 100 cm³/mol. The Kier molecular flexibility index (Phi) is 4.88. The van der Waals surface area contributed by atoms with E-state index in [0.717, 1.165) is 38.5 Å². The topological polar surface area (TPSA) is 113 Å². The first-order chi connectivity index (χ1) is 13.8.